The number of rotatable bonds is 6. The largest absolute Gasteiger partial charge is 0.383 e. The summed E-state index contributed by atoms with van der Waals surface area (Å²) in [6.07, 6.45) is 1.39. The molecule has 4 aromatic rings. The average molecular weight is 412 g/mol. The quantitative estimate of drug-likeness (QED) is 0.487. The van der Waals surface area contributed by atoms with Crippen LogP contribution in [0.3, 0.4) is 0 Å². The third-order valence-corrected chi connectivity index (χ3v) is 4.80. The fraction of sp³-hybridized carbons (Fsp3) is 0.190. The first-order valence-electron chi connectivity index (χ1n) is 9.20. The molecule has 2 aromatic heterocycles. The van der Waals surface area contributed by atoms with Gasteiger partial charge in [0, 0.05) is 12.7 Å². The van der Waals surface area contributed by atoms with Crippen LogP contribution in [0.15, 0.2) is 64.4 Å². The van der Waals surface area contributed by atoms with Gasteiger partial charge in [-0.1, -0.05) is 18.2 Å². The Morgan fingerprint density at radius 1 is 1.03 bits per heavy atom. The van der Waals surface area contributed by atoms with E-state index in [2.05, 4.69) is 4.98 Å². The van der Waals surface area contributed by atoms with Crippen molar-refractivity contribution in [3.8, 4) is 5.69 Å². The topological polar surface area (TPSA) is 71.1 Å². The first-order chi connectivity index (χ1) is 14.5. The summed E-state index contributed by atoms with van der Waals surface area (Å²) in [6.45, 7) is 0.228. The van der Waals surface area contributed by atoms with Crippen molar-refractivity contribution in [1.29, 1.82) is 0 Å². The second kappa shape index (κ2) is 8.03. The predicted octanol–water partition coefficient (Wildman–Crippen LogP) is 2.32. The third kappa shape index (κ3) is 3.43. The van der Waals surface area contributed by atoms with Gasteiger partial charge in [-0.25, -0.2) is 23.1 Å². The third-order valence-electron chi connectivity index (χ3n) is 4.80. The minimum atomic E-state index is -0.618. The first-order valence-corrected chi connectivity index (χ1v) is 9.20. The molecule has 0 N–H and O–H groups in total. The van der Waals surface area contributed by atoms with Crippen LogP contribution in [0.5, 0.6) is 0 Å². The summed E-state index contributed by atoms with van der Waals surface area (Å²) in [4.78, 5) is 30.5. The van der Waals surface area contributed by atoms with Crippen LogP contribution in [0.4, 0.5) is 8.78 Å². The van der Waals surface area contributed by atoms with Crippen molar-refractivity contribution in [3.05, 3.63) is 92.9 Å². The normalized spacial score (nSPS) is 11.3. The molecular formula is C21H18F2N4O3. The van der Waals surface area contributed by atoms with E-state index in [4.69, 9.17) is 4.74 Å². The highest BCUT2D eigenvalue weighted by Gasteiger charge is 2.19. The van der Waals surface area contributed by atoms with Crippen molar-refractivity contribution in [3.63, 3.8) is 0 Å². The monoisotopic (exact) mass is 412 g/mol. The molecule has 0 aliphatic carbocycles. The number of benzene rings is 2. The van der Waals surface area contributed by atoms with Gasteiger partial charge in [-0.15, -0.1) is 0 Å². The number of imidazole rings is 1. The van der Waals surface area contributed by atoms with Crippen molar-refractivity contribution in [2.45, 2.75) is 13.1 Å². The zero-order valence-electron chi connectivity index (χ0n) is 16.1. The van der Waals surface area contributed by atoms with E-state index in [1.807, 2.05) is 0 Å². The molecule has 0 amide bonds. The van der Waals surface area contributed by atoms with Gasteiger partial charge in [-0.3, -0.25) is 9.36 Å². The maximum atomic E-state index is 14.1. The Balaban J connectivity index is 1.98. The summed E-state index contributed by atoms with van der Waals surface area (Å²) >= 11 is 0. The molecule has 0 saturated carbocycles. The van der Waals surface area contributed by atoms with Crippen molar-refractivity contribution >= 4 is 11.2 Å². The van der Waals surface area contributed by atoms with E-state index < -0.39 is 22.9 Å². The number of ether oxygens (including phenoxy) is 1. The average Bonchev–Trinajstić information content (AvgIpc) is 3.14. The van der Waals surface area contributed by atoms with Crippen LogP contribution in [0.1, 0.15) is 5.56 Å². The van der Waals surface area contributed by atoms with Crippen LogP contribution >= 0.6 is 0 Å². The minimum absolute atomic E-state index is 0.0240. The van der Waals surface area contributed by atoms with E-state index >= 15 is 0 Å². The lowest BCUT2D eigenvalue weighted by Gasteiger charge is -2.13. The van der Waals surface area contributed by atoms with Crippen LogP contribution in [0, 0.1) is 11.6 Å². The van der Waals surface area contributed by atoms with Crippen LogP contribution in [0.25, 0.3) is 16.9 Å². The Morgan fingerprint density at radius 2 is 1.77 bits per heavy atom. The van der Waals surface area contributed by atoms with Crippen molar-refractivity contribution in [1.82, 2.24) is 18.7 Å². The number of methoxy groups -OCH3 is 1. The Labute approximate surface area is 169 Å². The van der Waals surface area contributed by atoms with Gasteiger partial charge in [0.05, 0.1) is 31.7 Å². The molecule has 2 aromatic carbocycles. The van der Waals surface area contributed by atoms with Crippen molar-refractivity contribution < 1.29 is 13.5 Å². The summed E-state index contributed by atoms with van der Waals surface area (Å²) < 4.78 is 36.3. The molecule has 154 valence electrons. The summed E-state index contributed by atoms with van der Waals surface area (Å²) in [5.41, 5.74) is -0.195. The molecule has 30 heavy (non-hydrogen) atoms. The van der Waals surface area contributed by atoms with E-state index in [0.29, 0.717) is 11.3 Å². The number of fused-ring (bicyclic) bond motifs is 1. The fourth-order valence-corrected chi connectivity index (χ4v) is 3.31. The smallest absolute Gasteiger partial charge is 0.337 e. The lowest BCUT2D eigenvalue weighted by atomic mass is 10.2. The molecule has 2 heterocycles. The summed E-state index contributed by atoms with van der Waals surface area (Å²) in [6, 6.07) is 11.5. The van der Waals surface area contributed by atoms with E-state index in [0.717, 1.165) is 4.57 Å². The lowest BCUT2D eigenvalue weighted by molar-refractivity contribution is 0.184. The van der Waals surface area contributed by atoms with Gasteiger partial charge in [0.15, 0.2) is 11.2 Å². The number of halogens is 2. The number of aromatic nitrogens is 4. The van der Waals surface area contributed by atoms with Gasteiger partial charge in [0.2, 0.25) is 0 Å². The molecule has 7 nitrogen and oxygen atoms in total. The summed E-state index contributed by atoms with van der Waals surface area (Å²) in [5.74, 6) is -0.869. The molecule has 0 aliphatic heterocycles. The number of hydrogen-bond acceptors (Lipinski definition) is 4. The Morgan fingerprint density at radius 3 is 2.47 bits per heavy atom. The molecule has 0 radical (unpaired) electrons. The molecule has 0 atom stereocenters. The highest BCUT2D eigenvalue weighted by Crippen LogP contribution is 2.16. The second-order valence-corrected chi connectivity index (χ2v) is 6.68. The minimum Gasteiger partial charge on any atom is -0.383 e. The number of hydrogen-bond donors (Lipinski definition) is 0. The summed E-state index contributed by atoms with van der Waals surface area (Å²) in [5, 5.41) is 0. The Hall–Kier alpha value is -3.59. The molecule has 0 saturated heterocycles. The van der Waals surface area contributed by atoms with Gasteiger partial charge in [0.1, 0.15) is 11.6 Å². The van der Waals surface area contributed by atoms with Crippen LogP contribution in [-0.4, -0.2) is 32.4 Å². The number of nitrogens with zero attached hydrogens (tertiary/aromatic N) is 4. The standard InChI is InChI=1S/C21H18F2N4O3/c1-30-11-10-26-20(28)18-19(27(21(26)29)16-8-6-15(22)7-9-16)24-13-25(18)12-14-4-2-3-5-17(14)23/h2-9,13H,10-12H2,1H3. The second-order valence-electron chi connectivity index (χ2n) is 6.68. The van der Waals surface area contributed by atoms with E-state index in [1.54, 1.807) is 18.2 Å². The Bertz CT molecular complexity index is 1320. The van der Waals surface area contributed by atoms with Gasteiger partial charge in [-0.2, -0.15) is 0 Å². The first kappa shape index (κ1) is 19.7. The molecule has 0 spiro atoms. The van der Waals surface area contributed by atoms with E-state index in [9.17, 15) is 18.4 Å². The molecule has 4 rings (SSSR count). The van der Waals surface area contributed by atoms with Gasteiger partial charge in [-0.05, 0) is 30.3 Å². The fourth-order valence-electron chi connectivity index (χ4n) is 3.31. The maximum absolute atomic E-state index is 14.1. The van der Waals surface area contributed by atoms with Gasteiger partial charge in [0.25, 0.3) is 5.56 Å². The predicted molar refractivity (Wildman–Crippen MR) is 107 cm³/mol. The highest BCUT2D eigenvalue weighted by molar-refractivity contribution is 5.72. The highest BCUT2D eigenvalue weighted by atomic mass is 19.1. The molecule has 0 fully saturated rings. The lowest BCUT2D eigenvalue weighted by Crippen LogP contribution is -2.41. The van der Waals surface area contributed by atoms with Crippen molar-refractivity contribution in [2.24, 2.45) is 0 Å². The molecule has 0 aliphatic rings. The van der Waals surface area contributed by atoms with Gasteiger partial charge >= 0.3 is 5.69 Å². The van der Waals surface area contributed by atoms with Crippen LogP contribution < -0.4 is 11.2 Å². The van der Waals surface area contributed by atoms with Gasteiger partial charge < -0.3 is 9.30 Å². The summed E-state index contributed by atoms with van der Waals surface area (Å²) in [7, 11) is 1.46. The van der Waals surface area contributed by atoms with E-state index in [-0.39, 0.29) is 30.9 Å². The molecular weight excluding hydrogens is 394 g/mol. The zero-order chi connectivity index (χ0) is 21.3. The van der Waals surface area contributed by atoms with Crippen LogP contribution in [-0.2, 0) is 17.8 Å². The molecule has 0 unspecified atom stereocenters. The Kier molecular flexibility index (Phi) is 5.28. The van der Waals surface area contributed by atoms with Crippen molar-refractivity contribution in [2.75, 3.05) is 13.7 Å². The molecule has 0 bridgehead atoms. The SMILES string of the molecule is COCCn1c(=O)c2c(ncn2Cc2ccccc2F)n(-c2ccc(F)cc2)c1=O. The maximum Gasteiger partial charge on any atom is 0.337 e. The molecule has 9 heteroatoms. The van der Waals surface area contributed by atoms with Crippen LogP contribution in [0.2, 0.25) is 0 Å². The zero-order valence-corrected chi connectivity index (χ0v) is 16.1. The van der Waals surface area contributed by atoms with E-state index in [1.165, 1.54) is 52.9 Å².